The number of ketones is 1. The summed E-state index contributed by atoms with van der Waals surface area (Å²) < 4.78 is 40.9. The van der Waals surface area contributed by atoms with Crippen LogP contribution in [0.4, 0.5) is 0 Å². The number of carboxylic acids is 1. The molecule has 0 rings (SSSR count). The maximum Gasteiger partial charge on any atom is 0.352 e. The minimum atomic E-state index is -4.66. The fraction of sp³-hybridized carbons (Fsp3) is 0.450. The highest BCUT2D eigenvalue weighted by atomic mass is 32.2. The summed E-state index contributed by atoms with van der Waals surface area (Å²) in [7, 11) is -4.66. The Morgan fingerprint density at radius 3 is 1.85 bits per heavy atom. The van der Waals surface area contributed by atoms with E-state index in [1.807, 2.05) is 0 Å². The molecule has 13 heteroatoms. The summed E-state index contributed by atoms with van der Waals surface area (Å²) >= 11 is 0. The van der Waals surface area contributed by atoms with Crippen molar-refractivity contribution in [3.63, 3.8) is 0 Å². The molecule has 0 aromatic carbocycles. The number of Topliss-reactive ketones (excluding diaryl/α,β-unsaturated/α-hetero) is 1. The van der Waals surface area contributed by atoms with Crippen molar-refractivity contribution in [3.8, 4) is 0 Å². The van der Waals surface area contributed by atoms with E-state index in [0.29, 0.717) is 4.90 Å². The van der Waals surface area contributed by atoms with E-state index in [-0.39, 0.29) is 31.0 Å². The van der Waals surface area contributed by atoms with Crippen LogP contribution in [0.25, 0.3) is 0 Å². The lowest BCUT2D eigenvalue weighted by atomic mass is 10.2. The molecule has 1 unspecified atom stereocenters. The van der Waals surface area contributed by atoms with Crippen molar-refractivity contribution in [2.24, 2.45) is 5.92 Å². The standard InChI is InChI=1S/C10H15NO6S.C10H14O5/c1-5-8(12)11(7(4)10(13)14)9(6(2)3)18(15,16)17;1-7(2)10(13)15-5-4-14-9(12)6-8(3)11/h5-6,9H,1,4H2,2-3H3,(H,13,14)(H,15,16,17);1,4-6H2,2-3H3. The van der Waals surface area contributed by atoms with E-state index >= 15 is 0 Å². The Hall–Kier alpha value is -3.32. The van der Waals surface area contributed by atoms with Gasteiger partial charge < -0.3 is 14.6 Å². The lowest BCUT2D eigenvalue weighted by Gasteiger charge is -2.30. The fourth-order valence-electron chi connectivity index (χ4n) is 2.06. The first-order chi connectivity index (χ1) is 15.0. The minimum Gasteiger partial charge on any atom is -0.477 e. The summed E-state index contributed by atoms with van der Waals surface area (Å²) in [5.41, 5.74) is -0.471. The van der Waals surface area contributed by atoms with Crippen molar-refractivity contribution in [3.05, 3.63) is 37.1 Å². The minimum absolute atomic E-state index is 0.0324. The number of carboxylic acid groups (broad SMARTS) is 1. The average molecular weight is 492 g/mol. The number of rotatable bonds is 12. The first kappa shape index (κ1) is 31.9. The van der Waals surface area contributed by atoms with Gasteiger partial charge in [0.05, 0.1) is 0 Å². The van der Waals surface area contributed by atoms with Crippen molar-refractivity contribution in [2.45, 2.75) is 39.5 Å². The molecular formula is C20H29NO11S. The number of ether oxygens (including phenoxy) is 2. The maximum absolute atomic E-state index is 11.6. The van der Waals surface area contributed by atoms with Gasteiger partial charge in [-0.25, -0.2) is 9.59 Å². The van der Waals surface area contributed by atoms with Crippen LogP contribution >= 0.6 is 0 Å². The topological polar surface area (TPSA) is 182 Å². The van der Waals surface area contributed by atoms with Gasteiger partial charge in [-0.15, -0.1) is 0 Å². The summed E-state index contributed by atoms with van der Waals surface area (Å²) in [6.07, 6.45) is 0.489. The van der Waals surface area contributed by atoms with Crippen LogP contribution in [0.2, 0.25) is 0 Å². The van der Waals surface area contributed by atoms with Crippen LogP contribution in [0.3, 0.4) is 0 Å². The number of amides is 1. The highest BCUT2D eigenvalue weighted by molar-refractivity contribution is 7.86. The molecule has 0 aliphatic rings. The van der Waals surface area contributed by atoms with Gasteiger partial charge >= 0.3 is 17.9 Å². The van der Waals surface area contributed by atoms with Gasteiger partial charge in [0.1, 0.15) is 31.1 Å². The molecule has 12 nitrogen and oxygen atoms in total. The highest BCUT2D eigenvalue weighted by Gasteiger charge is 2.38. The monoisotopic (exact) mass is 491 g/mol. The molecule has 0 aliphatic carbocycles. The van der Waals surface area contributed by atoms with Gasteiger partial charge in [0.15, 0.2) is 5.37 Å². The van der Waals surface area contributed by atoms with Gasteiger partial charge in [-0.1, -0.05) is 33.6 Å². The molecule has 0 bridgehead atoms. The largest absolute Gasteiger partial charge is 0.477 e. The Balaban J connectivity index is 0. The summed E-state index contributed by atoms with van der Waals surface area (Å²) in [4.78, 5) is 54.9. The molecule has 33 heavy (non-hydrogen) atoms. The number of carbonyl (C=O) groups is 5. The van der Waals surface area contributed by atoms with E-state index < -0.39 is 50.9 Å². The second-order valence-electron chi connectivity index (χ2n) is 6.83. The van der Waals surface area contributed by atoms with Gasteiger partial charge in [0.25, 0.3) is 16.0 Å². The van der Waals surface area contributed by atoms with Crippen molar-refractivity contribution in [2.75, 3.05) is 13.2 Å². The Morgan fingerprint density at radius 1 is 1.03 bits per heavy atom. The third-order valence-electron chi connectivity index (χ3n) is 3.40. The number of hydrogen-bond acceptors (Lipinski definition) is 9. The van der Waals surface area contributed by atoms with E-state index in [9.17, 15) is 32.4 Å². The molecular weight excluding hydrogens is 462 g/mol. The lowest BCUT2D eigenvalue weighted by Crippen LogP contribution is -2.47. The van der Waals surface area contributed by atoms with E-state index in [2.05, 4.69) is 29.2 Å². The number of carbonyl (C=O) groups excluding carboxylic acids is 4. The predicted octanol–water partition coefficient (Wildman–Crippen LogP) is 1.10. The average Bonchev–Trinajstić information content (AvgIpc) is 2.66. The molecule has 0 saturated carbocycles. The number of nitrogens with zero attached hydrogens (tertiary/aromatic N) is 1. The van der Waals surface area contributed by atoms with Crippen LogP contribution in [0.15, 0.2) is 37.1 Å². The van der Waals surface area contributed by atoms with E-state index in [1.54, 1.807) is 0 Å². The fourth-order valence-corrected chi connectivity index (χ4v) is 3.24. The Kier molecular flexibility index (Phi) is 14.2. The summed E-state index contributed by atoms with van der Waals surface area (Å²) in [5, 5.41) is 7.06. The van der Waals surface area contributed by atoms with E-state index in [4.69, 9.17) is 9.66 Å². The first-order valence-corrected chi connectivity index (χ1v) is 10.8. The highest BCUT2D eigenvalue weighted by Crippen LogP contribution is 2.21. The molecule has 0 aromatic heterocycles. The molecule has 1 atom stereocenters. The van der Waals surface area contributed by atoms with Crippen LogP contribution in [-0.4, -0.2) is 71.2 Å². The second kappa shape index (κ2) is 14.7. The molecule has 0 aliphatic heterocycles. The molecule has 2 N–H and O–H groups in total. The molecule has 0 saturated heterocycles. The van der Waals surface area contributed by atoms with Gasteiger partial charge in [-0.2, -0.15) is 8.42 Å². The van der Waals surface area contributed by atoms with E-state index in [0.717, 1.165) is 6.08 Å². The summed E-state index contributed by atoms with van der Waals surface area (Å²) in [6, 6.07) is 0. The van der Waals surface area contributed by atoms with Gasteiger partial charge in [-0.3, -0.25) is 23.8 Å². The SMILES string of the molecule is C=C(C)C(=O)OCCOC(=O)CC(C)=O.C=CC(=O)N(C(=C)C(=O)O)C(C(C)C)S(=O)(=O)O. The molecule has 0 radical (unpaired) electrons. The number of aliphatic carboxylic acids is 1. The predicted molar refractivity (Wildman–Crippen MR) is 116 cm³/mol. The zero-order valence-electron chi connectivity index (χ0n) is 18.9. The Morgan fingerprint density at radius 2 is 1.52 bits per heavy atom. The quantitative estimate of drug-likeness (QED) is 0.131. The second-order valence-corrected chi connectivity index (χ2v) is 8.34. The summed E-state index contributed by atoms with van der Waals surface area (Å²) in [5.74, 6) is -4.69. The molecule has 186 valence electrons. The zero-order valence-corrected chi connectivity index (χ0v) is 19.7. The maximum atomic E-state index is 11.6. The smallest absolute Gasteiger partial charge is 0.352 e. The first-order valence-electron chi connectivity index (χ1n) is 9.29. The lowest BCUT2D eigenvalue weighted by molar-refractivity contribution is -0.151. The Bertz CT molecular complexity index is 903. The number of esters is 2. The third-order valence-corrected chi connectivity index (χ3v) is 4.77. The van der Waals surface area contributed by atoms with Crippen LogP contribution < -0.4 is 0 Å². The molecule has 0 heterocycles. The third kappa shape index (κ3) is 13.0. The van der Waals surface area contributed by atoms with E-state index in [1.165, 1.54) is 27.7 Å². The van der Waals surface area contributed by atoms with Crippen molar-refractivity contribution >= 4 is 39.7 Å². The van der Waals surface area contributed by atoms with Gasteiger partial charge in [-0.05, 0) is 25.8 Å². The zero-order chi connectivity index (χ0) is 26.5. The molecule has 0 aromatic rings. The van der Waals surface area contributed by atoms with Crippen molar-refractivity contribution < 1.29 is 51.5 Å². The van der Waals surface area contributed by atoms with Gasteiger partial charge in [0, 0.05) is 5.57 Å². The molecule has 0 spiro atoms. The normalized spacial score (nSPS) is 11.2. The van der Waals surface area contributed by atoms with Crippen LogP contribution in [0, 0.1) is 5.92 Å². The van der Waals surface area contributed by atoms with Crippen molar-refractivity contribution in [1.82, 2.24) is 4.90 Å². The van der Waals surface area contributed by atoms with Crippen molar-refractivity contribution in [1.29, 1.82) is 0 Å². The Labute approximate surface area is 192 Å². The van der Waals surface area contributed by atoms with Crippen LogP contribution in [0.1, 0.15) is 34.1 Å². The van der Waals surface area contributed by atoms with Crippen LogP contribution in [0.5, 0.6) is 0 Å². The van der Waals surface area contributed by atoms with Gasteiger partial charge in [0.2, 0.25) is 0 Å². The molecule has 0 fully saturated rings. The molecule has 1 amide bonds. The number of hydrogen-bond donors (Lipinski definition) is 2. The summed E-state index contributed by atoms with van der Waals surface area (Å²) in [6.45, 7) is 15.2. The van der Waals surface area contributed by atoms with Crippen LogP contribution in [-0.2, 0) is 43.6 Å².